The van der Waals surface area contributed by atoms with Gasteiger partial charge in [0.25, 0.3) is 0 Å². The molecule has 0 aromatic carbocycles. The van der Waals surface area contributed by atoms with Crippen molar-refractivity contribution in [2.24, 2.45) is 5.92 Å². The van der Waals surface area contributed by atoms with Crippen LogP contribution in [0.5, 0.6) is 0 Å². The predicted octanol–water partition coefficient (Wildman–Crippen LogP) is 2.25. The summed E-state index contributed by atoms with van der Waals surface area (Å²) in [5.74, 6) is 0.879. The lowest BCUT2D eigenvalue weighted by Crippen LogP contribution is -2.47. The van der Waals surface area contributed by atoms with Gasteiger partial charge in [-0.15, -0.1) is 0 Å². The molecular weight excluding hydrogens is 184 g/mol. The van der Waals surface area contributed by atoms with Crippen LogP contribution in [0.3, 0.4) is 0 Å². The Morgan fingerprint density at radius 2 is 2.13 bits per heavy atom. The van der Waals surface area contributed by atoms with Gasteiger partial charge in [-0.3, -0.25) is 4.90 Å². The summed E-state index contributed by atoms with van der Waals surface area (Å²) in [7, 11) is 0. The number of likely N-dealkylation sites (tertiary alicyclic amines) is 1. The summed E-state index contributed by atoms with van der Waals surface area (Å²) in [6.45, 7) is 8.60. The highest BCUT2D eigenvalue weighted by Gasteiger charge is 2.28. The zero-order valence-corrected chi connectivity index (χ0v) is 10.3. The maximum Gasteiger partial charge on any atom is 0.0221 e. The molecule has 15 heavy (non-hydrogen) atoms. The van der Waals surface area contributed by atoms with Crippen molar-refractivity contribution in [1.29, 1.82) is 0 Å². The molecule has 0 bridgehead atoms. The Labute approximate surface area is 94.4 Å². The van der Waals surface area contributed by atoms with Gasteiger partial charge in [-0.1, -0.05) is 20.3 Å². The molecule has 88 valence electrons. The van der Waals surface area contributed by atoms with Crippen molar-refractivity contribution in [2.75, 3.05) is 19.6 Å². The van der Waals surface area contributed by atoms with Crippen molar-refractivity contribution in [1.82, 2.24) is 10.2 Å². The minimum atomic E-state index is 0.761. The fourth-order valence-electron chi connectivity index (χ4n) is 3.16. The van der Waals surface area contributed by atoms with Gasteiger partial charge in [0, 0.05) is 18.6 Å². The second kappa shape index (κ2) is 5.31. The van der Waals surface area contributed by atoms with Crippen LogP contribution in [0.25, 0.3) is 0 Å². The highest BCUT2D eigenvalue weighted by atomic mass is 15.2. The van der Waals surface area contributed by atoms with Crippen LogP contribution >= 0.6 is 0 Å². The maximum atomic E-state index is 3.66. The van der Waals surface area contributed by atoms with Gasteiger partial charge in [0.15, 0.2) is 0 Å². The molecule has 3 atom stereocenters. The third-order valence-electron chi connectivity index (χ3n) is 4.34. The Kier molecular flexibility index (Phi) is 4.04. The summed E-state index contributed by atoms with van der Waals surface area (Å²) in [6.07, 6.45) is 6.99. The topological polar surface area (TPSA) is 15.3 Å². The second-order valence-electron chi connectivity index (χ2n) is 5.38. The lowest BCUT2D eigenvalue weighted by atomic mass is 9.97. The first-order valence-corrected chi connectivity index (χ1v) is 6.78. The summed E-state index contributed by atoms with van der Waals surface area (Å²) in [5, 5.41) is 3.66. The number of hydrogen-bond acceptors (Lipinski definition) is 2. The molecule has 0 aliphatic carbocycles. The summed E-state index contributed by atoms with van der Waals surface area (Å²) < 4.78 is 0. The van der Waals surface area contributed by atoms with E-state index in [-0.39, 0.29) is 0 Å². The lowest BCUT2D eigenvalue weighted by Gasteiger charge is -2.37. The molecule has 2 fully saturated rings. The minimum absolute atomic E-state index is 0.761. The van der Waals surface area contributed by atoms with Crippen molar-refractivity contribution in [3.05, 3.63) is 0 Å². The van der Waals surface area contributed by atoms with Crippen LogP contribution in [-0.2, 0) is 0 Å². The quantitative estimate of drug-likeness (QED) is 0.768. The van der Waals surface area contributed by atoms with Gasteiger partial charge < -0.3 is 5.32 Å². The van der Waals surface area contributed by atoms with Crippen LogP contribution in [0, 0.1) is 5.92 Å². The van der Waals surface area contributed by atoms with E-state index in [0.717, 1.165) is 18.0 Å². The lowest BCUT2D eigenvalue weighted by molar-refractivity contribution is 0.126. The van der Waals surface area contributed by atoms with Gasteiger partial charge in [-0.25, -0.2) is 0 Å². The summed E-state index contributed by atoms with van der Waals surface area (Å²) in [5.41, 5.74) is 0. The molecule has 2 aliphatic rings. The SMILES string of the molecule is CCC1CCCCN1CC1NCCC1C. The van der Waals surface area contributed by atoms with Crippen LogP contribution in [-0.4, -0.2) is 36.6 Å². The molecule has 0 aromatic heterocycles. The van der Waals surface area contributed by atoms with E-state index in [4.69, 9.17) is 0 Å². The molecule has 2 heterocycles. The standard InChI is InChI=1S/C13H26N2/c1-3-12-6-4-5-9-15(12)10-13-11(2)7-8-14-13/h11-14H,3-10H2,1-2H3. The van der Waals surface area contributed by atoms with Crippen LogP contribution in [0.1, 0.15) is 46.0 Å². The van der Waals surface area contributed by atoms with Crippen LogP contribution in [0.15, 0.2) is 0 Å². The molecule has 1 N–H and O–H groups in total. The minimum Gasteiger partial charge on any atom is -0.312 e. The second-order valence-corrected chi connectivity index (χ2v) is 5.38. The summed E-state index contributed by atoms with van der Waals surface area (Å²) in [4.78, 5) is 2.74. The van der Waals surface area contributed by atoms with E-state index in [0.29, 0.717) is 0 Å². The van der Waals surface area contributed by atoms with E-state index in [2.05, 4.69) is 24.1 Å². The molecule has 0 spiro atoms. The fourth-order valence-corrected chi connectivity index (χ4v) is 3.16. The number of nitrogens with zero attached hydrogens (tertiary/aromatic N) is 1. The summed E-state index contributed by atoms with van der Waals surface area (Å²) >= 11 is 0. The number of piperidine rings is 1. The van der Waals surface area contributed by atoms with Gasteiger partial charge >= 0.3 is 0 Å². The smallest absolute Gasteiger partial charge is 0.0221 e. The van der Waals surface area contributed by atoms with E-state index in [1.807, 2.05) is 0 Å². The van der Waals surface area contributed by atoms with E-state index in [1.54, 1.807) is 0 Å². The van der Waals surface area contributed by atoms with Crippen molar-refractivity contribution >= 4 is 0 Å². The average Bonchev–Trinajstić information content (AvgIpc) is 2.65. The molecule has 2 nitrogen and oxygen atoms in total. The first-order chi connectivity index (χ1) is 7.31. The maximum absolute atomic E-state index is 3.66. The van der Waals surface area contributed by atoms with E-state index in [1.165, 1.54) is 51.7 Å². The van der Waals surface area contributed by atoms with Crippen LogP contribution in [0.4, 0.5) is 0 Å². The largest absolute Gasteiger partial charge is 0.312 e. The number of hydrogen-bond donors (Lipinski definition) is 1. The molecule has 2 heteroatoms. The summed E-state index contributed by atoms with van der Waals surface area (Å²) in [6, 6.07) is 1.63. The molecule has 0 saturated carbocycles. The average molecular weight is 210 g/mol. The van der Waals surface area contributed by atoms with E-state index >= 15 is 0 Å². The van der Waals surface area contributed by atoms with Crippen LogP contribution < -0.4 is 5.32 Å². The van der Waals surface area contributed by atoms with Gasteiger partial charge in [0.1, 0.15) is 0 Å². The van der Waals surface area contributed by atoms with Crippen molar-refractivity contribution in [2.45, 2.75) is 58.0 Å². The number of rotatable bonds is 3. The van der Waals surface area contributed by atoms with Gasteiger partial charge in [0.2, 0.25) is 0 Å². The molecule has 2 aliphatic heterocycles. The first kappa shape index (κ1) is 11.4. The Morgan fingerprint density at radius 3 is 2.80 bits per heavy atom. The van der Waals surface area contributed by atoms with Crippen LogP contribution in [0.2, 0.25) is 0 Å². The Balaban J connectivity index is 1.85. The van der Waals surface area contributed by atoms with Crippen molar-refractivity contribution in [3.8, 4) is 0 Å². The van der Waals surface area contributed by atoms with Gasteiger partial charge in [-0.05, 0) is 44.7 Å². The monoisotopic (exact) mass is 210 g/mol. The van der Waals surface area contributed by atoms with Gasteiger partial charge in [0.05, 0.1) is 0 Å². The Morgan fingerprint density at radius 1 is 1.27 bits per heavy atom. The molecule has 0 aromatic rings. The van der Waals surface area contributed by atoms with Crippen molar-refractivity contribution in [3.63, 3.8) is 0 Å². The molecule has 0 amide bonds. The molecule has 0 radical (unpaired) electrons. The van der Waals surface area contributed by atoms with Crippen molar-refractivity contribution < 1.29 is 0 Å². The molecule has 2 rings (SSSR count). The normalized spacial score (nSPS) is 38.4. The predicted molar refractivity (Wildman–Crippen MR) is 65.1 cm³/mol. The fraction of sp³-hybridized carbons (Fsp3) is 1.00. The molecule has 2 saturated heterocycles. The van der Waals surface area contributed by atoms with Gasteiger partial charge in [-0.2, -0.15) is 0 Å². The zero-order chi connectivity index (χ0) is 10.7. The van der Waals surface area contributed by atoms with E-state index in [9.17, 15) is 0 Å². The zero-order valence-electron chi connectivity index (χ0n) is 10.3. The molecule has 3 unspecified atom stereocenters. The Hall–Kier alpha value is -0.0800. The third-order valence-corrected chi connectivity index (χ3v) is 4.34. The Bertz CT molecular complexity index is 193. The highest BCUT2D eigenvalue weighted by Crippen LogP contribution is 2.22. The molecular formula is C13H26N2. The third kappa shape index (κ3) is 2.73. The highest BCUT2D eigenvalue weighted by molar-refractivity contribution is 4.86. The number of nitrogens with one attached hydrogen (secondary N) is 1. The van der Waals surface area contributed by atoms with E-state index < -0.39 is 0 Å². The first-order valence-electron chi connectivity index (χ1n) is 6.78.